The lowest BCUT2D eigenvalue weighted by atomic mass is 10.2. The summed E-state index contributed by atoms with van der Waals surface area (Å²) in [5.74, 6) is -1.07. The normalized spacial score (nSPS) is 10.6. The van der Waals surface area contributed by atoms with Crippen LogP contribution in [-0.4, -0.2) is 40.0 Å². The van der Waals surface area contributed by atoms with Gasteiger partial charge in [-0.25, -0.2) is 0 Å². The van der Waals surface area contributed by atoms with Crippen LogP contribution in [0.15, 0.2) is 24.4 Å². The van der Waals surface area contributed by atoms with Gasteiger partial charge in [-0.05, 0) is 31.0 Å². The van der Waals surface area contributed by atoms with Crippen molar-refractivity contribution in [3.05, 3.63) is 24.4 Å². The van der Waals surface area contributed by atoms with Gasteiger partial charge in [0, 0.05) is 24.2 Å². The molecule has 0 saturated heterocycles. The van der Waals surface area contributed by atoms with Gasteiger partial charge >= 0.3 is 11.8 Å². The minimum atomic E-state index is -0.594. The highest BCUT2D eigenvalue weighted by molar-refractivity contribution is 6.39. The fraction of sp³-hybridized carbons (Fsp3) is 0.438. The number of aromatic nitrogens is 2. The molecule has 1 heterocycles. The van der Waals surface area contributed by atoms with Gasteiger partial charge in [0.1, 0.15) is 0 Å². The molecule has 1 aromatic carbocycles. The van der Waals surface area contributed by atoms with E-state index in [0.29, 0.717) is 18.8 Å². The van der Waals surface area contributed by atoms with Gasteiger partial charge in [-0.3, -0.25) is 14.7 Å². The Morgan fingerprint density at radius 3 is 2.77 bits per heavy atom. The van der Waals surface area contributed by atoms with Crippen molar-refractivity contribution in [2.45, 2.75) is 33.1 Å². The van der Waals surface area contributed by atoms with Gasteiger partial charge in [0.2, 0.25) is 0 Å². The Morgan fingerprint density at radius 2 is 2.05 bits per heavy atom. The number of carbonyl (C=O) groups is 2. The Labute approximate surface area is 129 Å². The van der Waals surface area contributed by atoms with Crippen molar-refractivity contribution in [3.63, 3.8) is 0 Å². The summed E-state index contributed by atoms with van der Waals surface area (Å²) in [4.78, 5) is 26.0. The van der Waals surface area contributed by atoms with Crippen LogP contribution in [0.3, 0.4) is 0 Å². The molecular formula is C16H22N4O2. The summed E-state index contributed by atoms with van der Waals surface area (Å²) in [5.41, 5.74) is 1.41. The molecule has 118 valence electrons. The molecule has 0 fully saturated rings. The zero-order chi connectivity index (χ0) is 15.9. The van der Waals surface area contributed by atoms with Crippen LogP contribution in [0.2, 0.25) is 0 Å². The third-order valence-electron chi connectivity index (χ3n) is 3.46. The van der Waals surface area contributed by atoms with Crippen LogP contribution in [0.1, 0.15) is 33.1 Å². The highest BCUT2D eigenvalue weighted by Crippen LogP contribution is 2.16. The summed E-state index contributed by atoms with van der Waals surface area (Å²) in [7, 11) is 0. The van der Waals surface area contributed by atoms with E-state index in [1.165, 1.54) is 0 Å². The van der Waals surface area contributed by atoms with E-state index in [9.17, 15) is 9.59 Å². The van der Waals surface area contributed by atoms with E-state index in [1.807, 2.05) is 13.0 Å². The topological polar surface area (TPSA) is 78.1 Å². The predicted molar refractivity (Wildman–Crippen MR) is 86.5 cm³/mol. The molecule has 0 unspecified atom stereocenters. The van der Waals surface area contributed by atoms with Crippen LogP contribution in [0.5, 0.6) is 0 Å². The molecule has 0 radical (unpaired) electrons. The molecule has 6 heteroatoms. The molecule has 22 heavy (non-hydrogen) atoms. The number of nitrogens with zero attached hydrogens (tertiary/aromatic N) is 2. The van der Waals surface area contributed by atoms with E-state index in [1.54, 1.807) is 23.2 Å². The van der Waals surface area contributed by atoms with Crippen molar-refractivity contribution in [3.8, 4) is 0 Å². The molecule has 0 spiro atoms. The first kappa shape index (κ1) is 16.0. The average molecular weight is 302 g/mol. The molecule has 0 bridgehead atoms. The number of rotatable bonds is 6. The third-order valence-corrected chi connectivity index (χ3v) is 3.46. The van der Waals surface area contributed by atoms with Crippen LogP contribution in [0.25, 0.3) is 10.9 Å². The fourth-order valence-corrected chi connectivity index (χ4v) is 2.28. The number of hydrogen-bond donors (Lipinski definition) is 2. The number of aromatic amines is 1. The number of H-pyrrole nitrogens is 1. The largest absolute Gasteiger partial charge is 0.334 e. The van der Waals surface area contributed by atoms with Gasteiger partial charge in [0.15, 0.2) is 0 Å². The van der Waals surface area contributed by atoms with Crippen LogP contribution in [0, 0.1) is 0 Å². The molecule has 2 aromatic rings. The first-order valence-electron chi connectivity index (χ1n) is 7.69. The Kier molecular flexibility index (Phi) is 5.52. The maximum atomic E-state index is 12.3. The van der Waals surface area contributed by atoms with Gasteiger partial charge in [-0.1, -0.05) is 20.3 Å². The van der Waals surface area contributed by atoms with Crippen molar-refractivity contribution < 1.29 is 9.59 Å². The number of anilines is 1. The molecule has 2 rings (SSSR count). The van der Waals surface area contributed by atoms with Crippen molar-refractivity contribution in [1.82, 2.24) is 15.1 Å². The number of fused-ring (bicyclic) bond motifs is 1. The zero-order valence-electron chi connectivity index (χ0n) is 13.1. The van der Waals surface area contributed by atoms with Gasteiger partial charge < -0.3 is 10.2 Å². The average Bonchev–Trinajstić information content (AvgIpc) is 2.98. The third kappa shape index (κ3) is 3.84. The van der Waals surface area contributed by atoms with Gasteiger partial charge in [0.25, 0.3) is 0 Å². The standard InChI is InChI=1S/C16H22N4O2/c1-3-5-9-20(8-4-2)16(22)15(21)18-13-7-6-12-11-17-19-14(12)10-13/h6-7,10-11H,3-5,8-9H2,1-2H3,(H,17,19)(H,18,21). The second kappa shape index (κ2) is 7.59. The lowest BCUT2D eigenvalue weighted by molar-refractivity contribution is -0.143. The maximum absolute atomic E-state index is 12.3. The summed E-state index contributed by atoms with van der Waals surface area (Å²) in [5, 5.41) is 10.4. The minimum absolute atomic E-state index is 0.472. The van der Waals surface area contributed by atoms with Crippen LogP contribution >= 0.6 is 0 Å². The second-order valence-corrected chi connectivity index (χ2v) is 5.27. The molecule has 1 aromatic heterocycles. The highest BCUT2D eigenvalue weighted by atomic mass is 16.2. The quantitative estimate of drug-likeness (QED) is 0.805. The Bertz CT molecular complexity index is 650. The van der Waals surface area contributed by atoms with E-state index in [-0.39, 0.29) is 0 Å². The Hall–Kier alpha value is -2.37. The Morgan fingerprint density at radius 1 is 1.23 bits per heavy atom. The summed E-state index contributed by atoms with van der Waals surface area (Å²) in [6.07, 6.45) is 4.44. The van der Waals surface area contributed by atoms with Gasteiger partial charge in [-0.2, -0.15) is 5.10 Å². The van der Waals surface area contributed by atoms with Crippen LogP contribution < -0.4 is 5.32 Å². The summed E-state index contributed by atoms with van der Waals surface area (Å²) in [6.45, 7) is 5.28. The smallest absolute Gasteiger partial charge is 0.313 e. The number of amides is 2. The Balaban J connectivity index is 2.03. The number of carbonyl (C=O) groups excluding carboxylic acids is 2. The van der Waals surface area contributed by atoms with E-state index < -0.39 is 11.8 Å². The van der Waals surface area contributed by atoms with E-state index >= 15 is 0 Å². The number of unbranched alkanes of at least 4 members (excludes halogenated alkanes) is 1. The first-order valence-corrected chi connectivity index (χ1v) is 7.69. The lowest BCUT2D eigenvalue weighted by Gasteiger charge is -2.21. The monoisotopic (exact) mass is 302 g/mol. The minimum Gasteiger partial charge on any atom is -0.334 e. The number of hydrogen-bond acceptors (Lipinski definition) is 3. The molecule has 0 aliphatic rings. The molecule has 0 atom stereocenters. The molecular weight excluding hydrogens is 280 g/mol. The highest BCUT2D eigenvalue weighted by Gasteiger charge is 2.20. The summed E-state index contributed by atoms with van der Waals surface area (Å²) >= 11 is 0. The van der Waals surface area contributed by atoms with Crippen LogP contribution in [-0.2, 0) is 9.59 Å². The fourth-order valence-electron chi connectivity index (χ4n) is 2.28. The molecule has 2 N–H and O–H groups in total. The van der Waals surface area contributed by atoms with Gasteiger partial charge in [-0.15, -0.1) is 0 Å². The lowest BCUT2D eigenvalue weighted by Crippen LogP contribution is -2.40. The molecule has 0 saturated carbocycles. The van der Waals surface area contributed by atoms with Crippen molar-refractivity contribution >= 4 is 28.4 Å². The van der Waals surface area contributed by atoms with E-state index in [0.717, 1.165) is 30.2 Å². The van der Waals surface area contributed by atoms with E-state index in [4.69, 9.17) is 0 Å². The molecule has 0 aliphatic carbocycles. The molecule has 0 aliphatic heterocycles. The predicted octanol–water partition coefficient (Wildman–Crippen LogP) is 2.54. The van der Waals surface area contributed by atoms with Gasteiger partial charge in [0.05, 0.1) is 11.7 Å². The van der Waals surface area contributed by atoms with Crippen molar-refractivity contribution in [2.75, 3.05) is 18.4 Å². The summed E-state index contributed by atoms with van der Waals surface area (Å²) < 4.78 is 0. The number of nitrogens with one attached hydrogen (secondary N) is 2. The SMILES string of the molecule is CCCCN(CCC)C(=O)C(=O)Nc1ccc2cn[nH]c2c1. The van der Waals surface area contributed by atoms with Crippen LogP contribution in [0.4, 0.5) is 5.69 Å². The maximum Gasteiger partial charge on any atom is 0.313 e. The molecule has 6 nitrogen and oxygen atoms in total. The first-order chi connectivity index (χ1) is 10.7. The second-order valence-electron chi connectivity index (χ2n) is 5.27. The molecule has 2 amide bonds. The van der Waals surface area contributed by atoms with Crippen molar-refractivity contribution in [2.24, 2.45) is 0 Å². The summed E-state index contributed by atoms with van der Waals surface area (Å²) in [6, 6.07) is 5.38. The van der Waals surface area contributed by atoms with Crippen molar-refractivity contribution in [1.29, 1.82) is 0 Å². The van der Waals surface area contributed by atoms with E-state index in [2.05, 4.69) is 22.4 Å². The number of benzene rings is 1. The zero-order valence-corrected chi connectivity index (χ0v) is 13.1.